The second-order valence-electron chi connectivity index (χ2n) is 3.86. The Morgan fingerprint density at radius 3 is 2.08 bits per heavy atom. The first-order chi connectivity index (χ1) is 5.45. The van der Waals surface area contributed by atoms with E-state index in [4.69, 9.17) is 5.11 Å². The average molecular weight is 173 g/mol. The van der Waals surface area contributed by atoms with Gasteiger partial charge in [-0.2, -0.15) is 0 Å². The molecule has 0 bridgehead atoms. The van der Waals surface area contributed by atoms with Gasteiger partial charge in [0.25, 0.3) is 0 Å². The van der Waals surface area contributed by atoms with Crippen LogP contribution in [0.3, 0.4) is 0 Å². The number of carboxylic acids is 1. The molecule has 0 spiro atoms. The molecule has 0 saturated carbocycles. The molecule has 0 radical (unpaired) electrons. The third kappa shape index (κ3) is 4.34. The number of carboxylic acid groups (broad SMARTS) is 1. The van der Waals surface area contributed by atoms with Crippen LogP contribution in [0.25, 0.3) is 0 Å². The van der Waals surface area contributed by atoms with Gasteiger partial charge in [-0.05, 0) is 18.4 Å². The fourth-order valence-corrected chi connectivity index (χ4v) is 0.971. The molecular weight excluding hydrogens is 154 g/mol. The topological polar surface area (TPSA) is 49.3 Å². The lowest BCUT2D eigenvalue weighted by Gasteiger charge is -2.18. The minimum absolute atomic E-state index is 0.140. The summed E-state index contributed by atoms with van der Waals surface area (Å²) in [6, 6.07) is -0.410. The third-order valence-corrected chi connectivity index (χ3v) is 1.68. The Morgan fingerprint density at radius 2 is 1.83 bits per heavy atom. The molecule has 0 heterocycles. The van der Waals surface area contributed by atoms with Crippen LogP contribution in [0, 0.1) is 11.8 Å². The van der Waals surface area contributed by atoms with Crippen molar-refractivity contribution in [2.24, 2.45) is 11.8 Å². The van der Waals surface area contributed by atoms with Crippen LogP contribution in [-0.4, -0.2) is 23.7 Å². The van der Waals surface area contributed by atoms with Crippen molar-refractivity contribution in [2.45, 2.75) is 33.7 Å². The number of rotatable bonds is 5. The van der Waals surface area contributed by atoms with Gasteiger partial charge in [0.2, 0.25) is 0 Å². The van der Waals surface area contributed by atoms with Crippen LogP contribution < -0.4 is 5.32 Å². The van der Waals surface area contributed by atoms with Gasteiger partial charge in [-0.1, -0.05) is 27.7 Å². The molecule has 0 saturated heterocycles. The van der Waals surface area contributed by atoms with Gasteiger partial charge in [0.05, 0.1) is 0 Å². The summed E-state index contributed by atoms with van der Waals surface area (Å²) in [6.45, 7) is 8.70. The Hall–Kier alpha value is -0.570. The van der Waals surface area contributed by atoms with Crippen LogP contribution in [0.1, 0.15) is 27.7 Å². The Kier molecular flexibility index (Phi) is 4.90. The van der Waals surface area contributed by atoms with Crippen molar-refractivity contribution < 1.29 is 9.90 Å². The van der Waals surface area contributed by atoms with E-state index in [0.717, 1.165) is 6.54 Å². The Morgan fingerprint density at radius 1 is 1.33 bits per heavy atom. The van der Waals surface area contributed by atoms with E-state index in [2.05, 4.69) is 19.2 Å². The molecule has 0 aromatic rings. The summed E-state index contributed by atoms with van der Waals surface area (Å²) in [4.78, 5) is 10.7. The molecule has 0 aromatic carbocycles. The molecule has 3 nitrogen and oxygen atoms in total. The third-order valence-electron chi connectivity index (χ3n) is 1.68. The van der Waals surface area contributed by atoms with E-state index in [1.54, 1.807) is 0 Å². The monoisotopic (exact) mass is 173 g/mol. The van der Waals surface area contributed by atoms with Crippen LogP contribution in [-0.2, 0) is 4.79 Å². The van der Waals surface area contributed by atoms with Gasteiger partial charge in [0, 0.05) is 0 Å². The minimum Gasteiger partial charge on any atom is -0.480 e. The smallest absolute Gasteiger partial charge is 0.320 e. The lowest BCUT2D eigenvalue weighted by molar-refractivity contribution is -0.140. The van der Waals surface area contributed by atoms with Gasteiger partial charge < -0.3 is 10.4 Å². The predicted octanol–water partition coefficient (Wildman–Crippen LogP) is 1.34. The van der Waals surface area contributed by atoms with Crippen LogP contribution >= 0.6 is 0 Å². The van der Waals surface area contributed by atoms with Crippen LogP contribution in [0.2, 0.25) is 0 Å². The van der Waals surface area contributed by atoms with Gasteiger partial charge in [0.15, 0.2) is 0 Å². The summed E-state index contributed by atoms with van der Waals surface area (Å²) < 4.78 is 0. The van der Waals surface area contributed by atoms with Crippen molar-refractivity contribution in [2.75, 3.05) is 6.54 Å². The predicted molar refractivity (Wildman–Crippen MR) is 49.1 cm³/mol. The Labute approximate surface area is 74.2 Å². The van der Waals surface area contributed by atoms with Crippen molar-refractivity contribution in [1.29, 1.82) is 0 Å². The first kappa shape index (κ1) is 11.4. The van der Waals surface area contributed by atoms with Crippen molar-refractivity contribution in [3.8, 4) is 0 Å². The highest BCUT2D eigenvalue weighted by atomic mass is 16.4. The highest BCUT2D eigenvalue weighted by Crippen LogP contribution is 2.02. The lowest BCUT2D eigenvalue weighted by atomic mass is 10.0. The SMILES string of the molecule is CC(C)CNC(C(=O)O)C(C)C. The van der Waals surface area contributed by atoms with E-state index < -0.39 is 12.0 Å². The molecule has 1 unspecified atom stereocenters. The maximum atomic E-state index is 10.7. The number of aliphatic carboxylic acids is 1. The number of hydrogen-bond donors (Lipinski definition) is 2. The molecule has 0 aromatic heterocycles. The Bertz CT molecular complexity index is 143. The number of carbonyl (C=O) groups is 1. The van der Waals surface area contributed by atoms with Crippen molar-refractivity contribution in [1.82, 2.24) is 5.32 Å². The summed E-state index contributed by atoms with van der Waals surface area (Å²) in [5.41, 5.74) is 0. The second kappa shape index (κ2) is 5.14. The molecule has 0 aliphatic heterocycles. The van der Waals surface area contributed by atoms with E-state index in [0.29, 0.717) is 5.92 Å². The van der Waals surface area contributed by atoms with Gasteiger partial charge in [0.1, 0.15) is 6.04 Å². The molecule has 0 aliphatic rings. The van der Waals surface area contributed by atoms with Crippen LogP contribution in [0.15, 0.2) is 0 Å². The van der Waals surface area contributed by atoms with Crippen molar-refractivity contribution >= 4 is 5.97 Å². The second-order valence-corrected chi connectivity index (χ2v) is 3.86. The zero-order chi connectivity index (χ0) is 9.72. The van der Waals surface area contributed by atoms with Gasteiger partial charge in [-0.25, -0.2) is 0 Å². The summed E-state index contributed by atoms with van der Waals surface area (Å²) in [5, 5.41) is 11.8. The van der Waals surface area contributed by atoms with Crippen molar-refractivity contribution in [3.63, 3.8) is 0 Å². The molecule has 0 rings (SSSR count). The van der Waals surface area contributed by atoms with E-state index in [-0.39, 0.29) is 5.92 Å². The molecule has 0 aliphatic carbocycles. The lowest BCUT2D eigenvalue weighted by Crippen LogP contribution is -2.42. The molecule has 12 heavy (non-hydrogen) atoms. The molecule has 3 heteroatoms. The van der Waals surface area contributed by atoms with E-state index in [1.165, 1.54) is 0 Å². The molecule has 72 valence electrons. The highest BCUT2D eigenvalue weighted by Gasteiger charge is 2.20. The molecule has 1 atom stereocenters. The quantitative estimate of drug-likeness (QED) is 0.659. The first-order valence-electron chi connectivity index (χ1n) is 4.41. The molecule has 0 fully saturated rings. The fraction of sp³-hybridized carbons (Fsp3) is 0.889. The first-order valence-corrected chi connectivity index (χ1v) is 4.41. The largest absolute Gasteiger partial charge is 0.480 e. The van der Waals surface area contributed by atoms with E-state index >= 15 is 0 Å². The standard InChI is InChI=1S/C9H19NO2/c1-6(2)5-10-8(7(3)4)9(11)12/h6-8,10H,5H2,1-4H3,(H,11,12). The van der Waals surface area contributed by atoms with Gasteiger partial charge >= 0.3 is 5.97 Å². The van der Waals surface area contributed by atoms with E-state index in [9.17, 15) is 4.79 Å². The zero-order valence-corrected chi connectivity index (χ0v) is 8.29. The van der Waals surface area contributed by atoms with Crippen LogP contribution in [0.5, 0.6) is 0 Å². The maximum Gasteiger partial charge on any atom is 0.320 e. The maximum absolute atomic E-state index is 10.7. The molecule has 2 N–H and O–H groups in total. The van der Waals surface area contributed by atoms with Crippen molar-refractivity contribution in [3.05, 3.63) is 0 Å². The number of hydrogen-bond acceptors (Lipinski definition) is 2. The normalized spacial score (nSPS) is 13.8. The fourth-order valence-electron chi connectivity index (χ4n) is 0.971. The van der Waals surface area contributed by atoms with Gasteiger partial charge in [-0.3, -0.25) is 4.79 Å². The zero-order valence-electron chi connectivity index (χ0n) is 8.29. The summed E-state index contributed by atoms with van der Waals surface area (Å²) >= 11 is 0. The Balaban J connectivity index is 3.88. The van der Waals surface area contributed by atoms with E-state index in [1.807, 2.05) is 13.8 Å². The molecule has 0 amide bonds. The van der Waals surface area contributed by atoms with Gasteiger partial charge in [-0.15, -0.1) is 0 Å². The minimum atomic E-state index is -0.759. The highest BCUT2D eigenvalue weighted by molar-refractivity contribution is 5.73. The average Bonchev–Trinajstić information content (AvgIpc) is 1.84. The summed E-state index contributed by atoms with van der Waals surface area (Å²) in [5.74, 6) is -0.127. The summed E-state index contributed by atoms with van der Waals surface area (Å²) in [6.07, 6.45) is 0. The molecular formula is C9H19NO2. The summed E-state index contributed by atoms with van der Waals surface area (Å²) in [7, 11) is 0. The van der Waals surface area contributed by atoms with Crippen LogP contribution in [0.4, 0.5) is 0 Å². The number of nitrogens with one attached hydrogen (secondary N) is 1.